The molecular formula is C13H7BrClF3O. The number of rotatable bonds is 2. The van der Waals surface area contributed by atoms with Crippen LogP contribution in [-0.4, -0.2) is 6.36 Å². The van der Waals surface area contributed by atoms with Crippen molar-refractivity contribution in [2.45, 2.75) is 6.36 Å². The van der Waals surface area contributed by atoms with Gasteiger partial charge >= 0.3 is 6.36 Å². The molecule has 0 atom stereocenters. The van der Waals surface area contributed by atoms with Gasteiger partial charge in [-0.1, -0.05) is 45.7 Å². The van der Waals surface area contributed by atoms with Crippen molar-refractivity contribution >= 4 is 27.5 Å². The molecule has 0 aromatic heterocycles. The van der Waals surface area contributed by atoms with Crippen molar-refractivity contribution in [1.82, 2.24) is 0 Å². The Balaban J connectivity index is 2.38. The van der Waals surface area contributed by atoms with E-state index in [0.29, 0.717) is 16.1 Å². The van der Waals surface area contributed by atoms with E-state index in [4.69, 9.17) is 11.6 Å². The second kappa shape index (κ2) is 5.43. The van der Waals surface area contributed by atoms with Gasteiger partial charge in [-0.2, -0.15) is 0 Å². The topological polar surface area (TPSA) is 9.23 Å². The first-order valence-corrected chi connectivity index (χ1v) is 6.33. The van der Waals surface area contributed by atoms with Crippen LogP contribution in [-0.2, 0) is 0 Å². The van der Waals surface area contributed by atoms with Crippen LogP contribution in [0.3, 0.4) is 0 Å². The van der Waals surface area contributed by atoms with Crippen molar-refractivity contribution in [2.75, 3.05) is 0 Å². The fourth-order valence-electron chi connectivity index (χ4n) is 1.58. The minimum atomic E-state index is -4.71. The Morgan fingerprint density at radius 3 is 2.42 bits per heavy atom. The lowest BCUT2D eigenvalue weighted by atomic mass is 10.1. The van der Waals surface area contributed by atoms with Crippen molar-refractivity contribution in [1.29, 1.82) is 0 Å². The average molecular weight is 352 g/mol. The fraction of sp³-hybridized carbons (Fsp3) is 0.0769. The third kappa shape index (κ3) is 3.88. The lowest BCUT2D eigenvalue weighted by Crippen LogP contribution is -2.17. The maximum Gasteiger partial charge on any atom is 0.573 e. The van der Waals surface area contributed by atoms with Crippen LogP contribution >= 0.6 is 27.5 Å². The molecule has 0 aliphatic heterocycles. The number of alkyl halides is 3. The summed E-state index contributed by atoms with van der Waals surface area (Å²) in [5.41, 5.74) is 1.19. The highest BCUT2D eigenvalue weighted by molar-refractivity contribution is 9.10. The van der Waals surface area contributed by atoms with Crippen molar-refractivity contribution in [3.05, 3.63) is 52.0 Å². The molecule has 2 aromatic rings. The van der Waals surface area contributed by atoms with Crippen molar-refractivity contribution in [3.63, 3.8) is 0 Å². The smallest absolute Gasteiger partial charge is 0.406 e. The van der Waals surface area contributed by atoms with Gasteiger partial charge in [-0.25, -0.2) is 0 Å². The Bertz CT molecular complexity index is 599. The van der Waals surface area contributed by atoms with Crippen LogP contribution in [0.5, 0.6) is 5.75 Å². The van der Waals surface area contributed by atoms with E-state index in [2.05, 4.69) is 20.7 Å². The summed E-state index contributed by atoms with van der Waals surface area (Å²) in [5, 5.41) is 0.443. The summed E-state index contributed by atoms with van der Waals surface area (Å²) >= 11 is 9.32. The van der Waals surface area contributed by atoms with Gasteiger partial charge < -0.3 is 4.74 Å². The summed E-state index contributed by atoms with van der Waals surface area (Å²) < 4.78 is 41.1. The van der Waals surface area contributed by atoms with Gasteiger partial charge in [0, 0.05) is 15.1 Å². The van der Waals surface area contributed by atoms with Gasteiger partial charge in [-0.3, -0.25) is 0 Å². The highest BCUT2D eigenvalue weighted by atomic mass is 79.9. The number of hydrogen-bond donors (Lipinski definition) is 0. The maximum absolute atomic E-state index is 12.2. The quantitative estimate of drug-likeness (QED) is 0.677. The molecule has 2 rings (SSSR count). The first kappa shape index (κ1) is 14.2. The van der Waals surface area contributed by atoms with E-state index in [9.17, 15) is 13.2 Å². The fourth-order valence-corrected chi connectivity index (χ4v) is 2.37. The average Bonchev–Trinajstić information content (AvgIpc) is 2.26. The maximum atomic E-state index is 12.2. The third-order valence-corrected chi connectivity index (χ3v) is 3.12. The molecule has 2 aromatic carbocycles. The number of hydrogen-bond acceptors (Lipinski definition) is 1. The van der Waals surface area contributed by atoms with Crippen molar-refractivity contribution in [3.8, 4) is 16.9 Å². The summed E-state index contributed by atoms with van der Waals surface area (Å²) in [5.74, 6) is -0.274. The first-order valence-electron chi connectivity index (χ1n) is 5.16. The molecule has 0 radical (unpaired) electrons. The minimum Gasteiger partial charge on any atom is -0.406 e. The van der Waals surface area contributed by atoms with Crippen LogP contribution in [0.15, 0.2) is 46.9 Å². The molecule has 100 valence electrons. The molecule has 0 fully saturated rings. The standard InChI is InChI=1S/C13H7BrClF3O/c14-9-4-5-11(12(15)7-9)8-2-1-3-10(6-8)19-13(16,17)18/h1-7H. The molecule has 0 heterocycles. The highest BCUT2D eigenvalue weighted by Crippen LogP contribution is 2.33. The molecule has 0 spiro atoms. The Morgan fingerprint density at radius 1 is 1.05 bits per heavy atom. The predicted octanol–water partition coefficient (Wildman–Crippen LogP) is 5.67. The van der Waals surface area contributed by atoms with Gasteiger partial charge in [0.15, 0.2) is 0 Å². The highest BCUT2D eigenvalue weighted by Gasteiger charge is 2.31. The Kier molecular flexibility index (Phi) is 4.06. The largest absolute Gasteiger partial charge is 0.573 e. The second-order valence-electron chi connectivity index (χ2n) is 3.70. The van der Waals surface area contributed by atoms with Gasteiger partial charge in [0.25, 0.3) is 0 Å². The summed E-state index contributed by atoms with van der Waals surface area (Å²) in [6.45, 7) is 0. The van der Waals surface area contributed by atoms with Crippen molar-refractivity contribution in [2.24, 2.45) is 0 Å². The molecule has 1 nitrogen and oxygen atoms in total. The van der Waals surface area contributed by atoms with E-state index < -0.39 is 6.36 Å². The normalized spacial score (nSPS) is 11.4. The molecule has 0 bridgehead atoms. The van der Waals surface area contributed by atoms with Crippen LogP contribution in [0.2, 0.25) is 5.02 Å². The van der Waals surface area contributed by atoms with E-state index >= 15 is 0 Å². The van der Waals surface area contributed by atoms with Gasteiger partial charge in [-0.15, -0.1) is 13.2 Å². The molecule has 0 unspecified atom stereocenters. The number of ether oxygens (including phenoxy) is 1. The molecule has 0 saturated heterocycles. The predicted molar refractivity (Wildman–Crippen MR) is 71.3 cm³/mol. The van der Waals surface area contributed by atoms with E-state index in [1.807, 2.05) is 0 Å². The van der Waals surface area contributed by atoms with Crippen molar-refractivity contribution < 1.29 is 17.9 Å². The monoisotopic (exact) mass is 350 g/mol. The zero-order chi connectivity index (χ0) is 14.0. The Hall–Kier alpha value is -1.20. The Morgan fingerprint density at radius 2 is 1.79 bits per heavy atom. The van der Waals surface area contributed by atoms with Crippen LogP contribution in [0.1, 0.15) is 0 Å². The number of benzene rings is 2. The molecule has 19 heavy (non-hydrogen) atoms. The number of halogens is 5. The molecular weight excluding hydrogens is 344 g/mol. The second-order valence-corrected chi connectivity index (χ2v) is 5.02. The van der Waals surface area contributed by atoms with Crippen LogP contribution < -0.4 is 4.74 Å². The zero-order valence-corrected chi connectivity index (χ0v) is 11.7. The molecule has 0 N–H and O–H groups in total. The van der Waals surface area contributed by atoms with E-state index in [1.54, 1.807) is 24.3 Å². The van der Waals surface area contributed by atoms with Gasteiger partial charge in [0.05, 0.1) is 0 Å². The molecule has 0 amide bonds. The molecule has 0 aliphatic carbocycles. The van der Waals surface area contributed by atoms with E-state index in [-0.39, 0.29) is 5.75 Å². The minimum absolute atomic E-state index is 0.274. The third-order valence-electron chi connectivity index (χ3n) is 2.31. The van der Waals surface area contributed by atoms with Gasteiger partial charge in [0.1, 0.15) is 5.75 Å². The first-order chi connectivity index (χ1) is 8.85. The molecule has 6 heteroatoms. The summed E-state index contributed by atoms with van der Waals surface area (Å²) in [6.07, 6.45) is -4.71. The SMILES string of the molecule is FC(F)(F)Oc1cccc(-c2ccc(Br)cc2Cl)c1. The summed E-state index contributed by atoms with van der Waals surface area (Å²) in [7, 11) is 0. The van der Waals surface area contributed by atoms with Crippen LogP contribution in [0.4, 0.5) is 13.2 Å². The van der Waals surface area contributed by atoms with Gasteiger partial charge in [0.2, 0.25) is 0 Å². The van der Waals surface area contributed by atoms with E-state index in [1.165, 1.54) is 18.2 Å². The molecule has 0 aliphatic rings. The summed E-state index contributed by atoms with van der Waals surface area (Å²) in [4.78, 5) is 0. The van der Waals surface area contributed by atoms with E-state index in [0.717, 1.165) is 4.47 Å². The summed E-state index contributed by atoms with van der Waals surface area (Å²) in [6, 6.07) is 10.8. The van der Waals surface area contributed by atoms with Crippen LogP contribution in [0.25, 0.3) is 11.1 Å². The molecule has 0 saturated carbocycles. The van der Waals surface area contributed by atoms with Crippen LogP contribution in [0, 0.1) is 0 Å². The lowest BCUT2D eigenvalue weighted by molar-refractivity contribution is -0.274. The zero-order valence-electron chi connectivity index (χ0n) is 9.34. The lowest BCUT2D eigenvalue weighted by Gasteiger charge is -2.11. The van der Waals surface area contributed by atoms with Gasteiger partial charge in [-0.05, 0) is 29.8 Å². The Labute approximate surface area is 121 Å².